The van der Waals surface area contributed by atoms with Gasteiger partial charge in [-0.1, -0.05) is 12.1 Å². The van der Waals surface area contributed by atoms with Crippen molar-refractivity contribution >= 4 is 34.2 Å². The number of nitrogens with zero attached hydrogens (tertiary/aromatic N) is 1. The second-order valence-corrected chi connectivity index (χ2v) is 6.34. The number of hydrogen-bond acceptors (Lipinski definition) is 6. The van der Waals surface area contributed by atoms with E-state index in [1.165, 1.54) is 0 Å². The Hall–Kier alpha value is -3.91. The lowest BCUT2D eigenvalue weighted by Gasteiger charge is -2.27. The largest absolute Gasteiger partial charge is 0.496 e. The first-order chi connectivity index (χ1) is 14.0. The molecule has 1 aliphatic rings. The van der Waals surface area contributed by atoms with Crippen LogP contribution in [0.3, 0.4) is 0 Å². The average molecular weight is 391 g/mol. The molecule has 0 spiro atoms. The van der Waals surface area contributed by atoms with Gasteiger partial charge in [0.25, 0.3) is 17.7 Å². The summed E-state index contributed by atoms with van der Waals surface area (Å²) in [6.45, 7) is -0.241. The molecule has 3 aromatic carbocycles. The van der Waals surface area contributed by atoms with Gasteiger partial charge in [0.15, 0.2) is 6.61 Å². The molecule has 0 bridgehead atoms. The summed E-state index contributed by atoms with van der Waals surface area (Å²) < 4.78 is 10.7. The lowest BCUT2D eigenvalue weighted by atomic mass is 9.93. The highest BCUT2D eigenvalue weighted by Crippen LogP contribution is 2.37. The summed E-state index contributed by atoms with van der Waals surface area (Å²) in [5.74, 6) is 4.70. The van der Waals surface area contributed by atoms with Gasteiger partial charge >= 0.3 is 0 Å². The van der Waals surface area contributed by atoms with Crippen molar-refractivity contribution in [3.63, 3.8) is 0 Å². The Balaban J connectivity index is 1.71. The van der Waals surface area contributed by atoms with Crippen molar-refractivity contribution < 1.29 is 23.9 Å². The molecule has 3 N–H and O–H groups in total. The van der Waals surface area contributed by atoms with Crippen LogP contribution in [0.1, 0.15) is 20.7 Å². The Bertz CT molecular complexity index is 1120. The number of methoxy groups -OCH3 is 1. The van der Waals surface area contributed by atoms with Crippen molar-refractivity contribution in [1.29, 1.82) is 0 Å². The van der Waals surface area contributed by atoms with Gasteiger partial charge in [-0.25, -0.2) is 10.7 Å². The fourth-order valence-corrected chi connectivity index (χ4v) is 3.36. The molecule has 0 aromatic heterocycles. The highest BCUT2D eigenvalue weighted by molar-refractivity contribution is 6.36. The fraction of sp³-hybridized carbons (Fsp3) is 0.0952. The lowest BCUT2D eigenvalue weighted by Crippen LogP contribution is -2.40. The van der Waals surface area contributed by atoms with Crippen molar-refractivity contribution in [3.8, 4) is 11.5 Å². The smallest absolute Gasteiger partial charge is 0.271 e. The lowest BCUT2D eigenvalue weighted by molar-refractivity contribution is -0.123. The van der Waals surface area contributed by atoms with Crippen LogP contribution in [0.4, 0.5) is 5.69 Å². The van der Waals surface area contributed by atoms with Crippen LogP contribution in [0.2, 0.25) is 0 Å². The number of anilines is 1. The number of nitrogens with two attached hydrogens (primary N) is 1. The molecule has 146 valence electrons. The minimum absolute atomic E-state index is 0.241. The van der Waals surface area contributed by atoms with Crippen LogP contribution in [-0.4, -0.2) is 31.4 Å². The molecule has 1 heterocycles. The van der Waals surface area contributed by atoms with Crippen molar-refractivity contribution in [2.24, 2.45) is 5.84 Å². The second kappa shape index (κ2) is 7.25. The number of rotatable bonds is 5. The summed E-state index contributed by atoms with van der Waals surface area (Å²) in [6.07, 6.45) is 0. The van der Waals surface area contributed by atoms with E-state index >= 15 is 0 Å². The van der Waals surface area contributed by atoms with Gasteiger partial charge in [-0.2, -0.15) is 0 Å². The van der Waals surface area contributed by atoms with Crippen LogP contribution in [0.15, 0.2) is 54.6 Å². The molecule has 0 saturated carbocycles. The van der Waals surface area contributed by atoms with E-state index in [4.69, 9.17) is 15.3 Å². The number of carbonyl (C=O) groups is 3. The monoisotopic (exact) mass is 391 g/mol. The normalized spacial score (nSPS) is 12.8. The molecule has 4 rings (SSSR count). The summed E-state index contributed by atoms with van der Waals surface area (Å²) in [7, 11) is 1.55. The number of imide groups is 1. The van der Waals surface area contributed by atoms with Gasteiger partial charge in [0, 0.05) is 21.9 Å². The quantitative estimate of drug-likeness (QED) is 0.298. The van der Waals surface area contributed by atoms with Crippen molar-refractivity contribution in [3.05, 3.63) is 65.7 Å². The molecule has 29 heavy (non-hydrogen) atoms. The van der Waals surface area contributed by atoms with Gasteiger partial charge in [-0.15, -0.1) is 0 Å². The summed E-state index contributed by atoms with van der Waals surface area (Å²) >= 11 is 0. The maximum absolute atomic E-state index is 13.1. The second-order valence-electron chi connectivity index (χ2n) is 6.34. The van der Waals surface area contributed by atoms with E-state index in [2.05, 4.69) is 0 Å². The number of hydrazine groups is 1. The topological polar surface area (TPSA) is 111 Å². The maximum Gasteiger partial charge on any atom is 0.271 e. The Morgan fingerprint density at radius 2 is 1.69 bits per heavy atom. The van der Waals surface area contributed by atoms with Crippen molar-refractivity contribution in [1.82, 2.24) is 5.43 Å². The molecule has 0 atom stereocenters. The molecule has 3 amide bonds. The van der Waals surface area contributed by atoms with E-state index in [0.717, 1.165) is 4.90 Å². The van der Waals surface area contributed by atoms with Gasteiger partial charge in [0.05, 0.1) is 12.8 Å². The zero-order valence-corrected chi connectivity index (χ0v) is 15.5. The van der Waals surface area contributed by atoms with Gasteiger partial charge in [-0.3, -0.25) is 19.8 Å². The summed E-state index contributed by atoms with van der Waals surface area (Å²) in [4.78, 5) is 38.5. The molecule has 0 fully saturated rings. The van der Waals surface area contributed by atoms with E-state index in [9.17, 15) is 14.4 Å². The van der Waals surface area contributed by atoms with Gasteiger partial charge in [-0.05, 0) is 42.5 Å². The molecule has 8 heteroatoms. The number of ether oxygens (including phenoxy) is 2. The molecule has 0 unspecified atom stereocenters. The molecule has 8 nitrogen and oxygen atoms in total. The number of benzene rings is 3. The van der Waals surface area contributed by atoms with Crippen LogP contribution < -0.4 is 25.6 Å². The van der Waals surface area contributed by atoms with E-state index in [0.29, 0.717) is 39.1 Å². The fourth-order valence-electron chi connectivity index (χ4n) is 3.36. The Morgan fingerprint density at radius 1 is 1.00 bits per heavy atom. The van der Waals surface area contributed by atoms with Crippen molar-refractivity contribution in [2.75, 3.05) is 18.6 Å². The minimum Gasteiger partial charge on any atom is -0.496 e. The third kappa shape index (κ3) is 3.05. The molecule has 0 aliphatic carbocycles. The molecular formula is C21H17N3O5. The first-order valence-corrected chi connectivity index (χ1v) is 8.76. The minimum atomic E-state index is -0.476. The third-order valence-corrected chi connectivity index (χ3v) is 4.71. The summed E-state index contributed by atoms with van der Waals surface area (Å²) in [5, 5.41) is 1.30. The van der Waals surface area contributed by atoms with Crippen LogP contribution in [0.25, 0.3) is 10.8 Å². The number of hydrogen-bond donors (Lipinski definition) is 2. The SMILES string of the molecule is COc1ccc2c3c(cccc13)C(=O)N(c1ccc(OCC(=O)NN)cc1)C2=O. The van der Waals surface area contributed by atoms with E-state index in [1.807, 2.05) is 11.5 Å². The predicted molar refractivity (Wildman–Crippen MR) is 106 cm³/mol. The standard InChI is InChI=1S/C21H17N3O5/c1-28-17-10-9-16-19-14(17)3-2-4-15(19)20(26)24(21(16)27)12-5-7-13(8-6-12)29-11-18(25)23-22/h2-10H,11,22H2,1H3,(H,23,25). The highest BCUT2D eigenvalue weighted by Gasteiger charge is 2.34. The number of nitrogens with one attached hydrogen (secondary N) is 1. The zero-order valence-electron chi connectivity index (χ0n) is 15.5. The van der Waals surface area contributed by atoms with Gasteiger partial charge in [0.1, 0.15) is 11.5 Å². The van der Waals surface area contributed by atoms with E-state index in [-0.39, 0.29) is 6.61 Å². The Kier molecular flexibility index (Phi) is 4.61. The average Bonchev–Trinajstić information content (AvgIpc) is 2.76. The number of amides is 3. The molecule has 3 aromatic rings. The molecule has 1 aliphatic heterocycles. The predicted octanol–water partition coefficient (Wildman–Crippen LogP) is 2.02. The summed E-state index contributed by atoms with van der Waals surface area (Å²) in [5.41, 5.74) is 3.22. The van der Waals surface area contributed by atoms with Crippen LogP contribution in [0, 0.1) is 0 Å². The number of carbonyl (C=O) groups excluding carboxylic acids is 3. The van der Waals surface area contributed by atoms with Crippen LogP contribution in [-0.2, 0) is 4.79 Å². The maximum atomic E-state index is 13.1. The highest BCUT2D eigenvalue weighted by atomic mass is 16.5. The zero-order chi connectivity index (χ0) is 20.5. The van der Waals surface area contributed by atoms with Gasteiger partial charge in [0.2, 0.25) is 0 Å². The Labute approximate surface area is 165 Å². The van der Waals surface area contributed by atoms with E-state index < -0.39 is 17.7 Å². The first-order valence-electron chi connectivity index (χ1n) is 8.76. The Morgan fingerprint density at radius 3 is 2.34 bits per heavy atom. The third-order valence-electron chi connectivity index (χ3n) is 4.71. The van der Waals surface area contributed by atoms with Gasteiger partial charge < -0.3 is 9.47 Å². The molecular weight excluding hydrogens is 374 g/mol. The van der Waals surface area contributed by atoms with Crippen LogP contribution in [0.5, 0.6) is 11.5 Å². The molecule has 0 saturated heterocycles. The van der Waals surface area contributed by atoms with Crippen molar-refractivity contribution in [2.45, 2.75) is 0 Å². The van der Waals surface area contributed by atoms with E-state index in [1.54, 1.807) is 55.6 Å². The summed E-state index contributed by atoms with van der Waals surface area (Å²) in [6, 6.07) is 15.0. The van der Waals surface area contributed by atoms with Crippen LogP contribution >= 0.6 is 0 Å². The first kappa shape index (κ1) is 18.5. The molecule has 0 radical (unpaired) electrons.